The fourth-order valence-electron chi connectivity index (χ4n) is 8.81. The summed E-state index contributed by atoms with van der Waals surface area (Å²) in [5, 5.41) is 14.9. The summed E-state index contributed by atoms with van der Waals surface area (Å²) in [6.45, 7) is 11.2. The van der Waals surface area contributed by atoms with Crippen LogP contribution in [-0.4, -0.2) is 131 Å². The summed E-state index contributed by atoms with van der Waals surface area (Å²) in [6.07, 6.45) is 5.58. The molecule has 6 amide bonds. The lowest BCUT2D eigenvalue weighted by molar-refractivity contribution is -0.136. The van der Waals surface area contributed by atoms with Crippen LogP contribution in [0.25, 0.3) is 0 Å². The standard InChI is InChI=1S/C41H46ClN11O5/c1-25-23-52(26(2)22-51(25)31-4-3-28(19-43)34(42)18-31)41(58)46-29-20-44-40(45-21-29)50-11-9-27(10-12-50)24-48-13-15-49(16-14-48)30-5-6-32-33(17-30)39(57)53(38(32)56)35-7-8-36(54)47-37(35)55/h3-6,17-18,20-21,25-27,35H,7-16,22-24H2,1-2H3,(H,46,58)(H,47,54,55)/t25-,26+,35+/m0/s1. The van der Waals surface area contributed by atoms with E-state index in [1.54, 1.807) is 30.6 Å². The van der Waals surface area contributed by atoms with E-state index in [1.807, 2.05) is 30.0 Å². The van der Waals surface area contributed by atoms with Crippen LogP contribution >= 0.6 is 11.6 Å². The van der Waals surface area contributed by atoms with E-state index < -0.39 is 29.7 Å². The first-order chi connectivity index (χ1) is 28.0. The van der Waals surface area contributed by atoms with E-state index >= 15 is 0 Å². The van der Waals surface area contributed by atoms with Gasteiger partial charge in [-0.1, -0.05) is 11.6 Å². The third-order valence-corrected chi connectivity index (χ3v) is 12.4. The van der Waals surface area contributed by atoms with Crippen LogP contribution < -0.4 is 25.3 Å². The number of halogens is 1. The number of amides is 6. The summed E-state index contributed by atoms with van der Waals surface area (Å²) in [4.78, 5) is 85.0. The molecule has 2 aromatic carbocycles. The number of hydrogen-bond donors (Lipinski definition) is 2. The summed E-state index contributed by atoms with van der Waals surface area (Å²) in [5.74, 6) is -0.803. The molecule has 302 valence electrons. The number of hydrogen-bond acceptors (Lipinski definition) is 12. The van der Waals surface area contributed by atoms with Crippen molar-refractivity contribution in [3.8, 4) is 6.07 Å². The number of piperidine rings is 2. The molecule has 4 fully saturated rings. The van der Waals surface area contributed by atoms with Crippen LogP contribution in [0.4, 0.5) is 27.8 Å². The molecule has 0 unspecified atom stereocenters. The number of anilines is 4. The maximum absolute atomic E-state index is 13.3. The summed E-state index contributed by atoms with van der Waals surface area (Å²) in [7, 11) is 0. The van der Waals surface area contributed by atoms with Crippen molar-refractivity contribution in [1.29, 1.82) is 5.26 Å². The van der Waals surface area contributed by atoms with Gasteiger partial charge in [-0.15, -0.1) is 0 Å². The van der Waals surface area contributed by atoms with E-state index in [-0.39, 0.29) is 36.5 Å². The van der Waals surface area contributed by atoms with Crippen molar-refractivity contribution in [2.45, 2.75) is 57.7 Å². The van der Waals surface area contributed by atoms with Gasteiger partial charge in [0.15, 0.2) is 0 Å². The molecule has 8 rings (SSSR count). The lowest BCUT2D eigenvalue weighted by atomic mass is 9.96. The smallest absolute Gasteiger partial charge is 0.322 e. The minimum absolute atomic E-state index is 0.0395. The molecule has 3 aromatic rings. The van der Waals surface area contributed by atoms with Gasteiger partial charge in [0.2, 0.25) is 17.8 Å². The molecule has 0 radical (unpaired) electrons. The monoisotopic (exact) mass is 807 g/mol. The number of nitrogens with zero attached hydrogens (tertiary/aromatic N) is 9. The van der Waals surface area contributed by atoms with Crippen molar-refractivity contribution in [3.05, 3.63) is 70.5 Å². The summed E-state index contributed by atoms with van der Waals surface area (Å²) < 4.78 is 0. The van der Waals surface area contributed by atoms with Crippen LogP contribution in [0.2, 0.25) is 5.02 Å². The van der Waals surface area contributed by atoms with Gasteiger partial charge in [0.05, 0.1) is 39.8 Å². The SMILES string of the molecule is C[C@@H]1CN(c2ccc(C#N)c(Cl)c2)[C@@H](C)CN1C(=O)Nc1cnc(N2CCC(CN3CCN(c4ccc5c(c4)C(=O)N([C@@H]4CCC(=O)NC4=O)C5=O)CC3)CC2)nc1. The highest BCUT2D eigenvalue weighted by Gasteiger charge is 2.45. The number of carbonyl (C=O) groups excluding carboxylic acids is 5. The van der Waals surface area contributed by atoms with Crippen molar-refractivity contribution >= 4 is 64.3 Å². The van der Waals surface area contributed by atoms with Crippen LogP contribution in [0.3, 0.4) is 0 Å². The maximum Gasteiger partial charge on any atom is 0.322 e. The Balaban J connectivity index is 0.777. The van der Waals surface area contributed by atoms with E-state index in [9.17, 15) is 29.2 Å². The molecule has 17 heteroatoms. The van der Waals surface area contributed by atoms with E-state index in [0.29, 0.717) is 46.8 Å². The number of rotatable bonds is 7. The Labute approximate surface area is 341 Å². The molecule has 16 nitrogen and oxygen atoms in total. The second-order valence-corrected chi connectivity index (χ2v) is 16.3. The van der Waals surface area contributed by atoms with Crippen LogP contribution in [0, 0.1) is 17.2 Å². The molecule has 4 saturated heterocycles. The Morgan fingerprint density at radius 2 is 1.57 bits per heavy atom. The number of aromatic nitrogens is 2. The van der Waals surface area contributed by atoms with Crippen LogP contribution in [0.5, 0.6) is 0 Å². The normalized spacial score (nSPS) is 23.2. The molecule has 1 aromatic heterocycles. The molecule has 58 heavy (non-hydrogen) atoms. The van der Waals surface area contributed by atoms with E-state index in [2.05, 4.69) is 53.2 Å². The number of nitrogens with one attached hydrogen (secondary N) is 2. The lowest BCUT2D eigenvalue weighted by Crippen LogP contribution is -2.59. The Morgan fingerprint density at radius 3 is 2.26 bits per heavy atom. The van der Waals surface area contributed by atoms with Crippen LogP contribution in [0.1, 0.15) is 65.8 Å². The molecule has 6 heterocycles. The van der Waals surface area contributed by atoms with Gasteiger partial charge in [-0.3, -0.25) is 34.3 Å². The number of benzene rings is 2. The first-order valence-electron chi connectivity index (χ1n) is 19.9. The van der Waals surface area contributed by atoms with E-state index in [4.69, 9.17) is 11.6 Å². The van der Waals surface area contributed by atoms with Crippen LogP contribution in [-0.2, 0) is 9.59 Å². The van der Waals surface area contributed by atoms with Crippen molar-refractivity contribution in [2.75, 3.05) is 78.9 Å². The Bertz CT molecular complexity index is 2160. The molecule has 0 bridgehead atoms. The Hall–Kier alpha value is -5.79. The molecule has 3 atom stereocenters. The summed E-state index contributed by atoms with van der Waals surface area (Å²) in [5.41, 5.74) is 3.36. The van der Waals surface area contributed by atoms with Crippen LogP contribution in [0.15, 0.2) is 48.8 Å². The Morgan fingerprint density at radius 1 is 0.862 bits per heavy atom. The molecular formula is C41H46ClN11O5. The van der Waals surface area contributed by atoms with Gasteiger partial charge >= 0.3 is 6.03 Å². The third-order valence-electron chi connectivity index (χ3n) is 12.1. The fourth-order valence-corrected chi connectivity index (χ4v) is 9.03. The largest absolute Gasteiger partial charge is 0.369 e. The topological polar surface area (TPSA) is 178 Å². The zero-order valence-electron chi connectivity index (χ0n) is 32.6. The van der Waals surface area contributed by atoms with Crippen molar-refractivity contribution in [2.24, 2.45) is 5.92 Å². The first kappa shape index (κ1) is 39.1. The second kappa shape index (κ2) is 16.2. The molecule has 2 N–H and O–H groups in total. The second-order valence-electron chi connectivity index (χ2n) is 15.9. The predicted octanol–water partition coefficient (Wildman–Crippen LogP) is 3.57. The van der Waals surface area contributed by atoms with Gasteiger partial charge in [-0.05, 0) is 75.4 Å². The number of urea groups is 1. The molecule has 0 saturated carbocycles. The number of carbonyl (C=O) groups is 5. The van der Waals surface area contributed by atoms with Gasteiger partial charge in [-0.25, -0.2) is 14.8 Å². The van der Waals surface area contributed by atoms with Crippen molar-refractivity contribution < 1.29 is 24.0 Å². The minimum atomic E-state index is -0.978. The number of fused-ring (bicyclic) bond motifs is 1. The first-order valence-corrected chi connectivity index (χ1v) is 20.3. The van der Waals surface area contributed by atoms with Gasteiger partial charge in [0.25, 0.3) is 11.8 Å². The van der Waals surface area contributed by atoms with E-state index in [1.165, 1.54) is 0 Å². The van der Waals surface area contributed by atoms with Gasteiger partial charge in [0, 0.05) is 88.8 Å². The van der Waals surface area contributed by atoms with Gasteiger partial charge in [0.1, 0.15) is 12.1 Å². The van der Waals surface area contributed by atoms with Crippen molar-refractivity contribution in [3.63, 3.8) is 0 Å². The number of piperazine rings is 2. The summed E-state index contributed by atoms with van der Waals surface area (Å²) in [6, 6.07) is 11.6. The van der Waals surface area contributed by atoms with E-state index in [0.717, 1.165) is 74.9 Å². The molecule has 0 spiro atoms. The number of imide groups is 2. The highest BCUT2D eigenvalue weighted by atomic mass is 35.5. The number of nitriles is 1. The zero-order valence-corrected chi connectivity index (χ0v) is 33.3. The highest BCUT2D eigenvalue weighted by Crippen LogP contribution is 2.32. The minimum Gasteiger partial charge on any atom is -0.369 e. The molecule has 5 aliphatic rings. The maximum atomic E-state index is 13.3. The third kappa shape index (κ3) is 7.76. The van der Waals surface area contributed by atoms with Gasteiger partial charge in [-0.2, -0.15) is 5.26 Å². The average Bonchev–Trinajstić information content (AvgIpc) is 3.47. The summed E-state index contributed by atoms with van der Waals surface area (Å²) >= 11 is 6.30. The predicted molar refractivity (Wildman–Crippen MR) is 217 cm³/mol. The van der Waals surface area contributed by atoms with Crippen molar-refractivity contribution in [1.82, 2.24) is 30.0 Å². The highest BCUT2D eigenvalue weighted by molar-refractivity contribution is 6.32. The van der Waals surface area contributed by atoms with Gasteiger partial charge < -0.3 is 24.9 Å². The zero-order chi connectivity index (χ0) is 40.7. The fraction of sp³-hybridized carbons (Fsp3) is 0.463. The quantitative estimate of drug-likeness (QED) is 0.333. The lowest BCUT2D eigenvalue weighted by Gasteiger charge is -2.45. The average molecular weight is 808 g/mol. The molecule has 5 aliphatic heterocycles. The molecular weight excluding hydrogens is 762 g/mol. The molecule has 0 aliphatic carbocycles. The Kier molecular flexibility index (Phi) is 10.9.